The zero-order chi connectivity index (χ0) is 31.3. The van der Waals surface area contributed by atoms with E-state index < -0.39 is 12.1 Å². The van der Waals surface area contributed by atoms with Gasteiger partial charge in [-0.15, -0.1) is 0 Å². The third-order valence-corrected chi connectivity index (χ3v) is 10.4. The van der Waals surface area contributed by atoms with Crippen molar-refractivity contribution in [3.05, 3.63) is 65.1 Å². The van der Waals surface area contributed by atoms with Crippen LogP contribution in [0.1, 0.15) is 92.6 Å². The summed E-state index contributed by atoms with van der Waals surface area (Å²) in [5.41, 5.74) is 4.69. The van der Waals surface area contributed by atoms with Crippen molar-refractivity contribution in [2.24, 2.45) is 18.9 Å². The molecular weight excluding hydrogens is 569 g/mol. The van der Waals surface area contributed by atoms with E-state index in [0.717, 1.165) is 88.1 Å². The quantitative estimate of drug-likeness (QED) is 0.235. The number of nitrogens with one attached hydrogen (secondary N) is 2. The van der Waals surface area contributed by atoms with Crippen molar-refractivity contribution in [1.29, 1.82) is 0 Å². The summed E-state index contributed by atoms with van der Waals surface area (Å²) in [4.78, 5) is 24.2. The van der Waals surface area contributed by atoms with Gasteiger partial charge in [-0.25, -0.2) is 9.37 Å². The van der Waals surface area contributed by atoms with E-state index in [9.17, 15) is 14.3 Å². The van der Waals surface area contributed by atoms with Crippen molar-refractivity contribution in [3.63, 3.8) is 0 Å². The number of halogens is 1. The van der Waals surface area contributed by atoms with Crippen LogP contribution in [0.5, 0.6) is 0 Å². The Balaban J connectivity index is 1.29. The van der Waals surface area contributed by atoms with E-state index in [1.165, 1.54) is 11.1 Å². The van der Waals surface area contributed by atoms with Gasteiger partial charge in [0.25, 0.3) is 0 Å². The number of aliphatic carboxylic acids is 1. The molecule has 1 aliphatic heterocycles. The van der Waals surface area contributed by atoms with E-state index in [2.05, 4.69) is 64.1 Å². The standard InChI is InChI=1S/C35H48FN7O2/c1-3-30(24-9-11-25(12-10-24)34(44)45)39-35-40-31-14-13-26(23-7-5-4-6-8-23)19-29(31)33(41-35)38-32(27-20-37-42(2)21-27)22-43-17-15-28(36)16-18-43/h4-8,20-21,24-26,28,30,32H,3,9-19,22H2,1-2H3,(H,44,45)(H2,38,39,40,41)/t24?,25?,26-,30-,32+/m1/s1. The summed E-state index contributed by atoms with van der Waals surface area (Å²) in [5.74, 6) is 1.40. The first-order valence-corrected chi connectivity index (χ1v) is 16.9. The van der Waals surface area contributed by atoms with E-state index in [4.69, 9.17) is 9.97 Å². The molecule has 2 aromatic heterocycles. The molecule has 45 heavy (non-hydrogen) atoms. The van der Waals surface area contributed by atoms with Crippen molar-refractivity contribution >= 4 is 17.7 Å². The second-order valence-corrected chi connectivity index (χ2v) is 13.4. The first kappa shape index (κ1) is 31.5. The Morgan fingerprint density at radius 3 is 2.47 bits per heavy atom. The monoisotopic (exact) mass is 617 g/mol. The molecule has 0 bridgehead atoms. The van der Waals surface area contributed by atoms with Gasteiger partial charge in [0, 0.05) is 50.0 Å². The summed E-state index contributed by atoms with van der Waals surface area (Å²) < 4.78 is 15.8. The SMILES string of the molecule is CC[C@@H](Nc1nc2c(c(N[C@@H](CN3CCC(F)CC3)c3cnn(C)c3)n1)C[C@H](c1ccccc1)CC2)C1CCC(C(=O)O)CC1. The number of hydrogen-bond donors (Lipinski definition) is 3. The molecule has 2 fully saturated rings. The van der Waals surface area contributed by atoms with Gasteiger partial charge < -0.3 is 20.6 Å². The van der Waals surface area contributed by atoms with E-state index in [1.54, 1.807) is 0 Å². The van der Waals surface area contributed by atoms with E-state index in [-0.39, 0.29) is 18.0 Å². The maximum Gasteiger partial charge on any atom is 0.306 e. The molecule has 3 N–H and O–H groups in total. The number of aromatic nitrogens is 4. The first-order valence-electron chi connectivity index (χ1n) is 16.9. The van der Waals surface area contributed by atoms with Crippen molar-refractivity contribution in [2.45, 2.75) is 95.3 Å². The molecule has 2 aliphatic carbocycles. The number of likely N-dealkylation sites (tertiary alicyclic amines) is 1. The smallest absolute Gasteiger partial charge is 0.306 e. The normalized spacial score (nSPS) is 24.0. The summed E-state index contributed by atoms with van der Waals surface area (Å²) in [7, 11) is 1.93. The fourth-order valence-corrected chi connectivity index (χ4v) is 7.65. The molecule has 6 rings (SSSR count). The molecule has 10 heteroatoms. The summed E-state index contributed by atoms with van der Waals surface area (Å²) in [6.07, 6.45) is 11.4. The topological polar surface area (TPSA) is 108 Å². The van der Waals surface area contributed by atoms with Gasteiger partial charge >= 0.3 is 5.97 Å². The molecule has 1 saturated carbocycles. The maximum absolute atomic E-state index is 14.0. The number of carboxylic acid groups (broad SMARTS) is 1. The minimum absolute atomic E-state index is 0.0629. The molecule has 0 unspecified atom stereocenters. The minimum atomic E-state index is -0.714. The van der Waals surface area contributed by atoms with Gasteiger partial charge in [-0.2, -0.15) is 10.1 Å². The van der Waals surface area contributed by atoms with Crippen LogP contribution in [0, 0.1) is 11.8 Å². The van der Waals surface area contributed by atoms with Gasteiger partial charge in [0.2, 0.25) is 5.95 Å². The third kappa shape index (κ3) is 7.65. The molecule has 0 spiro atoms. The van der Waals surface area contributed by atoms with Crippen LogP contribution in [0.3, 0.4) is 0 Å². The molecule has 3 aromatic rings. The van der Waals surface area contributed by atoms with Crippen LogP contribution in [0.4, 0.5) is 16.2 Å². The molecule has 3 atom stereocenters. The Morgan fingerprint density at radius 1 is 1.04 bits per heavy atom. The number of rotatable bonds is 11. The summed E-state index contributed by atoms with van der Waals surface area (Å²) in [5, 5.41) is 21.5. The van der Waals surface area contributed by atoms with Gasteiger partial charge in [-0.3, -0.25) is 9.48 Å². The van der Waals surface area contributed by atoms with Crippen LogP contribution in [-0.2, 0) is 24.7 Å². The van der Waals surface area contributed by atoms with Crippen molar-refractivity contribution in [2.75, 3.05) is 30.3 Å². The summed E-state index contributed by atoms with van der Waals surface area (Å²) >= 11 is 0. The number of anilines is 2. The zero-order valence-electron chi connectivity index (χ0n) is 26.7. The maximum atomic E-state index is 14.0. The van der Waals surface area contributed by atoms with Gasteiger partial charge in [0.15, 0.2) is 0 Å². The van der Waals surface area contributed by atoms with Crippen LogP contribution in [0.15, 0.2) is 42.7 Å². The minimum Gasteiger partial charge on any atom is -0.481 e. The number of alkyl halides is 1. The molecule has 0 amide bonds. The molecule has 3 aliphatic rings. The van der Waals surface area contributed by atoms with E-state index >= 15 is 0 Å². The number of benzene rings is 1. The van der Waals surface area contributed by atoms with Crippen molar-refractivity contribution in [1.82, 2.24) is 24.6 Å². The molecule has 9 nitrogen and oxygen atoms in total. The van der Waals surface area contributed by atoms with Gasteiger partial charge in [-0.1, -0.05) is 37.3 Å². The zero-order valence-corrected chi connectivity index (χ0v) is 26.7. The number of carbonyl (C=O) groups is 1. The van der Waals surface area contributed by atoms with Crippen LogP contribution >= 0.6 is 0 Å². The van der Waals surface area contributed by atoms with Crippen molar-refractivity contribution < 1.29 is 14.3 Å². The number of fused-ring (bicyclic) bond motifs is 1. The molecule has 1 aromatic carbocycles. The Hall–Kier alpha value is -3.53. The second-order valence-electron chi connectivity index (χ2n) is 13.4. The molecule has 3 heterocycles. The van der Waals surface area contributed by atoms with Gasteiger partial charge in [-0.05, 0) is 81.6 Å². The fraction of sp³-hybridized carbons (Fsp3) is 0.600. The van der Waals surface area contributed by atoms with E-state index in [1.807, 2.05) is 17.9 Å². The first-order chi connectivity index (χ1) is 21.9. The lowest BCUT2D eigenvalue weighted by Crippen LogP contribution is -2.39. The highest BCUT2D eigenvalue weighted by Gasteiger charge is 2.32. The molecule has 1 saturated heterocycles. The Morgan fingerprint density at radius 2 is 1.80 bits per heavy atom. The van der Waals surface area contributed by atoms with E-state index in [0.29, 0.717) is 30.6 Å². The predicted octanol–water partition coefficient (Wildman–Crippen LogP) is 6.15. The average Bonchev–Trinajstić information content (AvgIpc) is 3.50. The van der Waals surface area contributed by atoms with Gasteiger partial charge in [0.05, 0.1) is 23.9 Å². The van der Waals surface area contributed by atoms with Gasteiger partial charge in [0.1, 0.15) is 12.0 Å². The molecule has 0 radical (unpaired) electrons. The summed E-state index contributed by atoms with van der Waals surface area (Å²) in [6.45, 7) is 4.41. The van der Waals surface area contributed by atoms with Crippen LogP contribution in [-0.4, -0.2) is 67.6 Å². The van der Waals surface area contributed by atoms with Crippen molar-refractivity contribution in [3.8, 4) is 0 Å². The molecular formula is C35H48FN7O2. The average molecular weight is 618 g/mol. The lowest BCUT2D eigenvalue weighted by atomic mass is 9.78. The van der Waals surface area contributed by atoms with Crippen LogP contribution in [0.2, 0.25) is 0 Å². The number of piperidine rings is 1. The fourth-order valence-electron chi connectivity index (χ4n) is 7.65. The second kappa shape index (κ2) is 14.3. The number of carboxylic acids is 1. The molecule has 242 valence electrons. The predicted molar refractivity (Wildman–Crippen MR) is 174 cm³/mol. The summed E-state index contributed by atoms with van der Waals surface area (Å²) in [6, 6.07) is 10.9. The highest BCUT2D eigenvalue weighted by atomic mass is 19.1. The number of aryl methyl sites for hydroxylation is 2. The van der Waals surface area contributed by atoms with Crippen LogP contribution < -0.4 is 10.6 Å². The Kier molecular flexibility index (Phi) is 9.97. The highest BCUT2D eigenvalue weighted by molar-refractivity contribution is 5.70. The Bertz CT molecular complexity index is 1420. The largest absolute Gasteiger partial charge is 0.481 e. The lowest BCUT2D eigenvalue weighted by molar-refractivity contribution is -0.143. The number of nitrogens with zero attached hydrogens (tertiary/aromatic N) is 5. The van der Waals surface area contributed by atoms with Crippen LogP contribution in [0.25, 0.3) is 0 Å². The lowest BCUT2D eigenvalue weighted by Gasteiger charge is -2.34. The third-order valence-electron chi connectivity index (χ3n) is 10.4. The Labute approximate surface area is 266 Å². The highest BCUT2D eigenvalue weighted by Crippen LogP contribution is 2.38. The number of hydrogen-bond acceptors (Lipinski definition) is 7.